The maximum Gasteiger partial charge on any atom is 0.255 e. The number of hydrogen-bond donors (Lipinski definition) is 2. The molecule has 2 aromatic carbocycles. The van der Waals surface area contributed by atoms with Gasteiger partial charge in [0, 0.05) is 42.1 Å². The van der Waals surface area contributed by atoms with E-state index in [1.54, 1.807) is 36.5 Å². The largest absolute Gasteiger partial charge is 0.488 e. The molecule has 2 N–H and O–H groups in total. The van der Waals surface area contributed by atoms with Gasteiger partial charge < -0.3 is 19.6 Å². The third-order valence-electron chi connectivity index (χ3n) is 8.96. The van der Waals surface area contributed by atoms with Crippen LogP contribution in [0, 0.1) is 23.1 Å². The second-order valence-corrected chi connectivity index (χ2v) is 11.4. The molecule has 10 nitrogen and oxygen atoms in total. The molecule has 44 heavy (non-hydrogen) atoms. The van der Waals surface area contributed by atoms with E-state index in [4.69, 9.17) is 10.00 Å². The lowest BCUT2D eigenvalue weighted by molar-refractivity contribution is -0.136. The van der Waals surface area contributed by atoms with Crippen molar-refractivity contribution in [1.82, 2.24) is 15.2 Å². The van der Waals surface area contributed by atoms with Crippen molar-refractivity contribution in [2.75, 3.05) is 24.6 Å². The third kappa shape index (κ3) is 5.73. The van der Waals surface area contributed by atoms with Crippen LogP contribution >= 0.6 is 0 Å². The molecule has 6 rings (SSSR count). The quantitative estimate of drug-likeness (QED) is 0.377. The number of carbonyl (C=O) groups excluding carboxylic acids is 3. The number of piperidine rings is 2. The number of aliphatic hydroxyl groups is 1. The molecule has 3 amide bonds. The Labute approximate surface area is 254 Å². The second-order valence-electron chi connectivity index (χ2n) is 11.4. The van der Waals surface area contributed by atoms with Crippen molar-refractivity contribution < 1.29 is 28.6 Å². The summed E-state index contributed by atoms with van der Waals surface area (Å²) in [5.41, 5.74) is 3.46. The Hall–Kier alpha value is -4.82. The Morgan fingerprint density at radius 3 is 2.61 bits per heavy atom. The van der Waals surface area contributed by atoms with Gasteiger partial charge in [0.25, 0.3) is 5.91 Å². The number of pyridine rings is 1. The Kier molecular flexibility index (Phi) is 8.26. The van der Waals surface area contributed by atoms with E-state index in [0.717, 1.165) is 37.2 Å². The van der Waals surface area contributed by atoms with Crippen LogP contribution in [-0.4, -0.2) is 58.5 Å². The number of anilines is 1. The molecule has 0 saturated carbocycles. The van der Waals surface area contributed by atoms with Crippen molar-refractivity contribution in [3.63, 3.8) is 0 Å². The van der Waals surface area contributed by atoms with Gasteiger partial charge in [0.2, 0.25) is 11.8 Å². The maximum atomic E-state index is 15.3. The predicted molar refractivity (Wildman–Crippen MR) is 157 cm³/mol. The predicted octanol–water partition coefficient (Wildman–Crippen LogP) is 3.42. The number of amides is 3. The molecule has 3 aliphatic heterocycles. The van der Waals surface area contributed by atoms with Crippen LogP contribution < -0.4 is 15.0 Å². The highest BCUT2D eigenvalue weighted by atomic mass is 19.1. The SMILES string of the molecule is N#Cc1ccc(N2CCC([C@H](CO)c3ccc(COc4cccc5c4CN([C@H]4CCC(=O)NC4=O)C5=O)c(F)c3)CC2)cn1. The zero-order valence-corrected chi connectivity index (χ0v) is 24.0. The summed E-state index contributed by atoms with van der Waals surface area (Å²) in [6, 6.07) is 14.9. The fourth-order valence-electron chi connectivity index (χ4n) is 6.49. The highest BCUT2D eigenvalue weighted by Gasteiger charge is 2.40. The normalized spacial score (nSPS) is 19.4. The van der Waals surface area contributed by atoms with E-state index in [2.05, 4.69) is 15.2 Å². The van der Waals surface area contributed by atoms with Gasteiger partial charge in [-0.15, -0.1) is 0 Å². The summed E-state index contributed by atoms with van der Waals surface area (Å²) in [4.78, 5) is 44.8. The lowest BCUT2D eigenvalue weighted by Gasteiger charge is -2.37. The first kappa shape index (κ1) is 29.3. The first-order valence-corrected chi connectivity index (χ1v) is 14.8. The number of aromatic nitrogens is 1. The summed E-state index contributed by atoms with van der Waals surface area (Å²) in [6.45, 7) is 1.56. The number of ether oxygens (including phenoxy) is 1. The molecule has 0 spiro atoms. The van der Waals surface area contributed by atoms with Crippen molar-refractivity contribution in [3.05, 3.63) is 88.5 Å². The molecule has 2 saturated heterocycles. The number of aliphatic hydroxyl groups excluding tert-OH is 1. The van der Waals surface area contributed by atoms with Crippen LogP contribution in [0.3, 0.4) is 0 Å². The van der Waals surface area contributed by atoms with E-state index in [-0.39, 0.29) is 56.3 Å². The van der Waals surface area contributed by atoms with Crippen molar-refractivity contribution in [2.45, 2.75) is 50.8 Å². The average molecular weight is 598 g/mol. The highest BCUT2D eigenvalue weighted by molar-refractivity contribution is 6.05. The van der Waals surface area contributed by atoms with E-state index < -0.39 is 17.8 Å². The molecular formula is C33H32FN5O5. The first-order valence-electron chi connectivity index (χ1n) is 14.8. The van der Waals surface area contributed by atoms with Crippen LogP contribution in [0.25, 0.3) is 0 Å². The van der Waals surface area contributed by atoms with E-state index in [0.29, 0.717) is 28.1 Å². The van der Waals surface area contributed by atoms with Crippen LogP contribution in [0.2, 0.25) is 0 Å². The molecule has 11 heteroatoms. The summed E-state index contributed by atoms with van der Waals surface area (Å²) in [7, 11) is 0. The Morgan fingerprint density at radius 2 is 1.93 bits per heavy atom. The number of carbonyl (C=O) groups is 3. The van der Waals surface area contributed by atoms with Crippen molar-refractivity contribution >= 4 is 23.4 Å². The zero-order valence-electron chi connectivity index (χ0n) is 24.0. The third-order valence-corrected chi connectivity index (χ3v) is 8.96. The number of hydrogen-bond acceptors (Lipinski definition) is 8. The van der Waals surface area contributed by atoms with Crippen LogP contribution in [0.15, 0.2) is 54.7 Å². The lowest BCUT2D eigenvalue weighted by Crippen LogP contribution is -2.52. The molecule has 0 radical (unpaired) electrons. The standard InChI is InChI=1S/C33H32FN5O5/c34-28-14-21(27(18-40)20-10-12-38(13-11-20)24-7-6-23(15-35)36-16-24)4-5-22(28)19-44-30-3-1-2-25-26(30)17-39(33(25)43)29-8-9-31(41)37-32(29)42/h1-7,14,16,20,27,29,40H,8-13,17-19H2,(H,37,41,42)/t27-,29-/m0/s1. The van der Waals surface area contributed by atoms with Gasteiger partial charge in [-0.2, -0.15) is 5.26 Å². The van der Waals surface area contributed by atoms with E-state index in [1.807, 2.05) is 18.2 Å². The molecule has 0 aliphatic carbocycles. The summed E-state index contributed by atoms with van der Waals surface area (Å²) in [5, 5.41) is 21.5. The Balaban J connectivity index is 1.09. The molecular weight excluding hydrogens is 565 g/mol. The fraction of sp³-hybridized carbons (Fsp3) is 0.364. The van der Waals surface area contributed by atoms with Gasteiger partial charge in [0.05, 0.1) is 25.0 Å². The van der Waals surface area contributed by atoms with Crippen LogP contribution in [0.1, 0.15) is 64.3 Å². The Morgan fingerprint density at radius 1 is 1.11 bits per heavy atom. The number of nitriles is 1. The van der Waals surface area contributed by atoms with Crippen LogP contribution in [0.4, 0.5) is 10.1 Å². The van der Waals surface area contributed by atoms with Gasteiger partial charge in [-0.3, -0.25) is 19.7 Å². The van der Waals surface area contributed by atoms with Gasteiger partial charge in [-0.05, 0) is 61.1 Å². The molecule has 2 atom stereocenters. The molecule has 226 valence electrons. The molecule has 4 heterocycles. The van der Waals surface area contributed by atoms with Gasteiger partial charge in [0.1, 0.15) is 36.0 Å². The van der Waals surface area contributed by atoms with E-state index in [9.17, 15) is 19.5 Å². The highest BCUT2D eigenvalue weighted by Crippen LogP contribution is 2.36. The summed E-state index contributed by atoms with van der Waals surface area (Å²) in [5.74, 6) is -1.15. The molecule has 1 aromatic heterocycles. The second kappa shape index (κ2) is 12.4. The number of nitrogens with one attached hydrogen (secondary N) is 1. The molecule has 3 aromatic rings. The van der Waals surface area contributed by atoms with E-state index >= 15 is 4.39 Å². The minimum Gasteiger partial charge on any atom is -0.488 e. The van der Waals surface area contributed by atoms with Gasteiger partial charge in [0.15, 0.2) is 0 Å². The van der Waals surface area contributed by atoms with Crippen molar-refractivity contribution in [2.24, 2.45) is 5.92 Å². The number of nitrogens with zero attached hydrogens (tertiary/aromatic N) is 4. The summed E-state index contributed by atoms with van der Waals surface area (Å²) in [6.07, 6.45) is 3.79. The number of halogens is 1. The molecule has 0 unspecified atom stereocenters. The topological polar surface area (TPSA) is 136 Å². The van der Waals surface area contributed by atoms with Crippen molar-refractivity contribution in [1.29, 1.82) is 5.26 Å². The number of imide groups is 1. The monoisotopic (exact) mass is 597 g/mol. The summed E-state index contributed by atoms with van der Waals surface area (Å²) >= 11 is 0. The summed E-state index contributed by atoms with van der Waals surface area (Å²) < 4.78 is 21.3. The average Bonchev–Trinajstić information content (AvgIpc) is 3.38. The fourth-order valence-corrected chi connectivity index (χ4v) is 6.49. The molecule has 0 bridgehead atoms. The smallest absolute Gasteiger partial charge is 0.255 e. The van der Waals surface area contributed by atoms with Crippen LogP contribution in [0.5, 0.6) is 5.75 Å². The molecule has 2 fully saturated rings. The minimum atomic E-state index is -0.731. The first-order chi connectivity index (χ1) is 21.4. The minimum absolute atomic E-state index is 0.0595. The zero-order chi connectivity index (χ0) is 30.8. The number of benzene rings is 2. The van der Waals surface area contributed by atoms with Gasteiger partial charge >= 0.3 is 0 Å². The van der Waals surface area contributed by atoms with E-state index in [1.165, 1.54) is 11.0 Å². The Bertz CT molecular complexity index is 1630. The van der Waals surface area contributed by atoms with Crippen LogP contribution in [-0.2, 0) is 22.7 Å². The van der Waals surface area contributed by atoms with Gasteiger partial charge in [-0.1, -0.05) is 18.2 Å². The lowest BCUT2D eigenvalue weighted by atomic mass is 9.80. The molecule has 3 aliphatic rings. The maximum absolute atomic E-state index is 15.3. The van der Waals surface area contributed by atoms with Crippen molar-refractivity contribution in [3.8, 4) is 11.8 Å². The van der Waals surface area contributed by atoms with Gasteiger partial charge in [-0.25, -0.2) is 9.37 Å². The number of rotatable bonds is 8. The number of fused-ring (bicyclic) bond motifs is 1.